The van der Waals surface area contributed by atoms with Crippen LogP contribution in [0.2, 0.25) is 0 Å². The summed E-state index contributed by atoms with van der Waals surface area (Å²) < 4.78 is 29.2. The van der Waals surface area contributed by atoms with Crippen LogP contribution in [0.15, 0.2) is 85.5 Å². The summed E-state index contributed by atoms with van der Waals surface area (Å²) in [5.41, 5.74) is 8.55. The first kappa shape index (κ1) is 27.8. The molecule has 0 aliphatic rings. The van der Waals surface area contributed by atoms with Gasteiger partial charge in [-0.3, -0.25) is 9.59 Å². The van der Waals surface area contributed by atoms with Gasteiger partial charge in [-0.15, -0.1) is 0 Å². The molecule has 3 aromatic carbocycles. The fourth-order valence-corrected chi connectivity index (χ4v) is 4.67. The van der Waals surface area contributed by atoms with Gasteiger partial charge in [0.15, 0.2) is 0 Å². The van der Waals surface area contributed by atoms with E-state index in [0.29, 0.717) is 41.1 Å². The highest BCUT2D eigenvalue weighted by molar-refractivity contribution is 7.98. The molecule has 4 N–H and O–H groups in total. The number of rotatable bonds is 12. The monoisotopic (exact) mass is 549 g/mol. The van der Waals surface area contributed by atoms with Gasteiger partial charge in [0.2, 0.25) is 5.91 Å². The largest absolute Gasteiger partial charge is 0.376 e. The molecule has 7 nitrogen and oxygen atoms in total. The molecule has 0 aliphatic carbocycles. The third kappa shape index (κ3) is 7.44. The Morgan fingerprint density at radius 1 is 1.03 bits per heavy atom. The van der Waals surface area contributed by atoms with E-state index in [-0.39, 0.29) is 11.9 Å². The molecule has 1 heterocycles. The first-order valence-corrected chi connectivity index (χ1v) is 13.7. The summed E-state index contributed by atoms with van der Waals surface area (Å²) in [5.74, 6) is -1.15. The maximum Gasteiger partial charge on any atom is 0.252 e. The Morgan fingerprint density at radius 3 is 2.33 bits per heavy atom. The topological polar surface area (TPSA) is 102 Å². The average molecular weight is 550 g/mol. The van der Waals surface area contributed by atoms with Crippen molar-refractivity contribution in [1.29, 1.82) is 0 Å². The molecule has 4 rings (SSSR count). The van der Waals surface area contributed by atoms with Crippen molar-refractivity contribution in [3.05, 3.63) is 108 Å². The van der Waals surface area contributed by atoms with E-state index in [1.807, 2.05) is 17.0 Å². The number of hydrogen-bond donors (Lipinski definition) is 3. The van der Waals surface area contributed by atoms with Crippen LogP contribution >= 0.6 is 11.8 Å². The zero-order valence-electron chi connectivity index (χ0n) is 21.3. The fourth-order valence-electron chi connectivity index (χ4n) is 4.19. The van der Waals surface area contributed by atoms with Crippen LogP contribution in [0, 0.1) is 11.6 Å². The van der Waals surface area contributed by atoms with Gasteiger partial charge in [-0.25, -0.2) is 13.8 Å². The van der Waals surface area contributed by atoms with Crippen LogP contribution in [0.5, 0.6) is 0 Å². The number of anilines is 1. The standard InChI is InChI=1S/C29H29F2N5O2S/c1-39-15-12-26(28(32)37)35-29(38)24-11-10-23(16-25(24)19-2-6-21(30)7-3-19)34-27(17-36-14-13-33-18-36)20-4-8-22(31)9-5-20/h2-11,13-14,16,18,26-27,34H,12,15,17H2,1H3,(H2,32,37)(H,35,38)/t26-,27?/m0/s1. The molecule has 0 fully saturated rings. The SMILES string of the molecule is CSCC[C@H](NC(=O)c1ccc(NC(Cn2ccnc2)c2ccc(F)cc2)cc1-c1ccc(F)cc1)C(N)=O. The summed E-state index contributed by atoms with van der Waals surface area (Å²) >= 11 is 1.55. The number of benzene rings is 3. The zero-order chi connectivity index (χ0) is 27.8. The summed E-state index contributed by atoms with van der Waals surface area (Å²) in [5, 5.41) is 6.22. The predicted molar refractivity (Wildman–Crippen MR) is 150 cm³/mol. The van der Waals surface area contributed by atoms with Crippen molar-refractivity contribution in [3.63, 3.8) is 0 Å². The van der Waals surface area contributed by atoms with Crippen molar-refractivity contribution >= 4 is 29.3 Å². The van der Waals surface area contributed by atoms with Crippen LogP contribution in [0.1, 0.15) is 28.4 Å². The van der Waals surface area contributed by atoms with E-state index in [1.165, 1.54) is 24.3 Å². The number of primary amides is 1. The van der Waals surface area contributed by atoms with Crippen molar-refractivity contribution in [2.45, 2.75) is 25.0 Å². The van der Waals surface area contributed by atoms with Gasteiger partial charge < -0.3 is 20.9 Å². The maximum atomic E-state index is 13.7. The highest BCUT2D eigenvalue weighted by atomic mass is 32.2. The number of nitrogens with one attached hydrogen (secondary N) is 2. The average Bonchev–Trinajstić information content (AvgIpc) is 3.44. The Balaban J connectivity index is 1.68. The van der Waals surface area contributed by atoms with E-state index < -0.39 is 23.7 Å². The molecule has 202 valence electrons. The van der Waals surface area contributed by atoms with Crippen LogP contribution in [-0.4, -0.2) is 39.4 Å². The summed E-state index contributed by atoms with van der Waals surface area (Å²) in [6.45, 7) is 0.509. The molecule has 0 saturated carbocycles. The summed E-state index contributed by atoms with van der Waals surface area (Å²) in [6, 6.07) is 16.2. The van der Waals surface area contributed by atoms with Crippen LogP contribution in [0.25, 0.3) is 11.1 Å². The van der Waals surface area contributed by atoms with Gasteiger partial charge in [0.1, 0.15) is 17.7 Å². The Morgan fingerprint density at radius 2 is 1.72 bits per heavy atom. The molecule has 4 aromatic rings. The van der Waals surface area contributed by atoms with Gasteiger partial charge in [-0.05, 0) is 77.6 Å². The third-order valence-corrected chi connectivity index (χ3v) is 6.89. The quantitative estimate of drug-likeness (QED) is 0.230. The second-order valence-corrected chi connectivity index (χ2v) is 9.97. The number of halogens is 2. The van der Waals surface area contributed by atoms with E-state index in [9.17, 15) is 18.4 Å². The molecule has 1 aromatic heterocycles. The second-order valence-electron chi connectivity index (χ2n) is 8.99. The number of aromatic nitrogens is 2. The Kier molecular flexibility index (Phi) is 9.32. The molecule has 0 saturated heterocycles. The molecule has 0 bridgehead atoms. The van der Waals surface area contributed by atoms with Gasteiger partial charge in [-0.2, -0.15) is 11.8 Å². The number of carbonyl (C=O) groups excluding carboxylic acids is 2. The summed E-state index contributed by atoms with van der Waals surface area (Å²) in [4.78, 5) is 29.4. The molecule has 10 heteroatoms. The molecule has 2 amide bonds. The van der Waals surface area contributed by atoms with Gasteiger partial charge in [0.05, 0.1) is 12.4 Å². The van der Waals surface area contributed by atoms with Crippen molar-refractivity contribution in [1.82, 2.24) is 14.9 Å². The van der Waals surface area contributed by atoms with E-state index in [1.54, 1.807) is 66.8 Å². The lowest BCUT2D eigenvalue weighted by molar-refractivity contribution is -0.119. The second kappa shape index (κ2) is 13.1. The number of nitrogens with two attached hydrogens (primary N) is 1. The smallest absolute Gasteiger partial charge is 0.252 e. The Labute approximate surface area is 229 Å². The van der Waals surface area contributed by atoms with Crippen LogP contribution in [0.3, 0.4) is 0 Å². The van der Waals surface area contributed by atoms with Gasteiger partial charge >= 0.3 is 0 Å². The molecule has 0 radical (unpaired) electrons. The minimum Gasteiger partial charge on any atom is -0.376 e. The first-order chi connectivity index (χ1) is 18.8. The number of nitrogens with zero attached hydrogens (tertiary/aromatic N) is 2. The highest BCUT2D eigenvalue weighted by Crippen LogP contribution is 2.30. The zero-order valence-corrected chi connectivity index (χ0v) is 22.1. The summed E-state index contributed by atoms with van der Waals surface area (Å²) in [6.07, 6.45) is 7.52. The molecular formula is C29H29F2N5O2S. The van der Waals surface area contributed by atoms with E-state index in [2.05, 4.69) is 15.6 Å². The van der Waals surface area contributed by atoms with Crippen molar-refractivity contribution in [3.8, 4) is 11.1 Å². The van der Waals surface area contributed by atoms with Gasteiger partial charge in [-0.1, -0.05) is 24.3 Å². The van der Waals surface area contributed by atoms with Crippen molar-refractivity contribution in [2.75, 3.05) is 17.3 Å². The molecular weight excluding hydrogens is 520 g/mol. The van der Waals surface area contributed by atoms with Crippen LogP contribution in [0.4, 0.5) is 14.5 Å². The minimum atomic E-state index is -0.818. The molecule has 1 unspecified atom stereocenters. The van der Waals surface area contributed by atoms with Crippen LogP contribution in [-0.2, 0) is 11.3 Å². The van der Waals surface area contributed by atoms with E-state index in [0.717, 1.165) is 5.56 Å². The lowest BCUT2D eigenvalue weighted by Crippen LogP contribution is -2.44. The maximum absolute atomic E-state index is 13.7. The number of amides is 2. The number of carbonyl (C=O) groups is 2. The first-order valence-electron chi connectivity index (χ1n) is 12.3. The highest BCUT2D eigenvalue weighted by Gasteiger charge is 2.22. The lowest BCUT2D eigenvalue weighted by Gasteiger charge is -2.22. The number of thioether (sulfide) groups is 1. The molecule has 0 spiro atoms. The van der Waals surface area contributed by atoms with Crippen molar-refractivity contribution in [2.24, 2.45) is 5.73 Å². The fraction of sp³-hybridized carbons (Fsp3) is 0.207. The Bertz CT molecular complexity index is 1400. The molecule has 39 heavy (non-hydrogen) atoms. The van der Waals surface area contributed by atoms with Crippen LogP contribution < -0.4 is 16.4 Å². The third-order valence-electron chi connectivity index (χ3n) is 6.24. The molecule has 0 aliphatic heterocycles. The van der Waals surface area contributed by atoms with Gasteiger partial charge in [0.25, 0.3) is 5.91 Å². The normalized spacial score (nSPS) is 12.5. The number of hydrogen-bond acceptors (Lipinski definition) is 5. The minimum absolute atomic E-state index is 0.258. The summed E-state index contributed by atoms with van der Waals surface area (Å²) in [7, 11) is 0. The van der Waals surface area contributed by atoms with E-state index in [4.69, 9.17) is 5.73 Å². The van der Waals surface area contributed by atoms with E-state index >= 15 is 0 Å². The lowest BCUT2D eigenvalue weighted by atomic mass is 9.97. The van der Waals surface area contributed by atoms with Crippen molar-refractivity contribution < 1.29 is 18.4 Å². The molecule has 2 atom stereocenters. The predicted octanol–water partition coefficient (Wildman–Crippen LogP) is 5.02. The van der Waals surface area contributed by atoms with Gasteiger partial charge in [0, 0.05) is 30.2 Å². The number of imidazole rings is 1. The Hall–Kier alpha value is -4.18.